The molecule has 0 bridgehead atoms. The number of thioether (sulfide) groups is 1. The summed E-state index contributed by atoms with van der Waals surface area (Å²) in [4.78, 5) is 1.22. The molecule has 0 unspecified atom stereocenters. The third kappa shape index (κ3) is 2.84. The molecule has 0 spiro atoms. The summed E-state index contributed by atoms with van der Waals surface area (Å²) in [6, 6.07) is 6.02. The molecule has 3 heteroatoms. The summed E-state index contributed by atoms with van der Waals surface area (Å²) < 4.78 is 10.7. The molecule has 1 aromatic rings. The van der Waals surface area contributed by atoms with Gasteiger partial charge in [-0.05, 0) is 30.9 Å². The van der Waals surface area contributed by atoms with E-state index in [-0.39, 0.29) is 0 Å². The lowest BCUT2D eigenvalue weighted by Crippen LogP contribution is -1.95. The Hall–Kier alpha value is -0.830. The van der Waals surface area contributed by atoms with Crippen LogP contribution in [-0.4, -0.2) is 19.5 Å². The predicted molar refractivity (Wildman–Crippen MR) is 60.6 cm³/mol. The number of ether oxygens (including phenoxy) is 2. The minimum absolute atomic E-state index is 0.663. The molecule has 0 radical (unpaired) electrons. The van der Waals surface area contributed by atoms with Crippen LogP contribution in [0.15, 0.2) is 23.1 Å². The molecule has 0 atom stereocenters. The van der Waals surface area contributed by atoms with Gasteiger partial charge in [0.1, 0.15) is 0 Å². The highest BCUT2D eigenvalue weighted by molar-refractivity contribution is 7.99. The average Bonchev–Trinajstić information content (AvgIpc) is 2.19. The van der Waals surface area contributed by atoms with E-state index in [1.165, 1.54) is 4.90 Å². The highest BCUT2D eigenvalue weighted by Gasteiger charge is 2.04. The summed E-state index contributed by atoms with van der Waals surface area (Å²) >= 11 is 1.80. The van der Waals surface area contributed by atoms with Gasteiger partial charge in [-0.15, -0.1) is 11.8 Å². The van der Waals surface area contributed by atoms with Gasteiger partial charge in [0.05, 0.1) is 13.7 Å². The van der Waals surface area contributed by atoms with Crippen LogP contribution in [-0.2, 0) is 0 Å². The first kappa shape index (κ1) is 11.2. The van der Waals surface area contributed by atoms with E-state index in [9.17, 15) is 0 Å². The van der Waals surface area contributed by atoms with E-state index >= 15 is 0 Å². The second-order valence-corrected chi connectivity index (χ2v) is 4.02. The first-order valence-electron chi connectivity index (χ1n) is 4.75. The molecule has 2 nitrogen and oxygen atoms in total. The number of methoxy groups -OCH3 is 1. The quantitative estimate of drug-likeness (QED) is 0.698. The van der Waals surface area contributed by atoms with Crippen LogP contribution >= 0.6 is 11.8 Å². The molecule has 0 fully saturated rings. The Morgan fingerprint density at radius 1 is 1.21 bits per heavy atom. The van der Waals surface area contributed by atoms with Gasteiger partial charge in [0, 0.05) is 4.90 Å². The van der Waals surface area contributed by atoms with Crippen molar-refractivity contribution < 1.29 is 9.47 Å². The van der Waals surface area contributed by atoms with Crippen LogP contribution in [0.4, 0.5) is 0 Å². The standard InChI is InChI=1S/C11H16O2S/c1-4-13-11-8-9(14-5-2)6-7-10(11)12-3/h6-8H,4-5H2,1-3H3. The second-order valence-electron chi connectivity index (χ2n) is 2.68. The van der Waals surface area contributed by atoms with Gasteiger partial charge in [0.25, 0.3) is 0 Å². The van der Waals surface area contributed by atoms with Crippen LogP contribution < -0.4 is 9.47 Å². The molecule has 0 aliphatic rings. The minimum Gasteiger partial charge on any atom is -0.493 e. The average molecular weight is 212 g/mol. The molecule has 0 N–H and O–H groups in total. The zero-order valence-electron chi connectivity index (χ0n) is 8.87. The lowest BCUT2D eigenvalue weighted by molar-refractivity contribution is 0.310. The van der Waals surface area contributed by atoms with Gasteiger partial charge in [-0.3, -0.25) is 0 Å². The highest BCUT2D eigenvalue weighted by Crippen LogP contribution is 2.31. The van der Waals surface area contributed by atoms with Crippen molar-refractivity contribution in [2.45, 2.75) is 18.7 Å². The van der Waals surface area contributed by atoms with Gasteiger partial charge in [-0.1, -0.05) is 6.92 Å². The lowest BCUT2D eigenvalue weighted by atomic mass is 10.3. The molecule has 1 rings (SSSR count). The minimum atomic E-state index is 0.663. The molecule has 0 saturated heterocycles. The molecule has 0 aliphatic carbocycles. The van der Waals surface area contributed by atoms with Crippen molar-refractivity contribution in [3.8, 4) is 11.5 Å². The van der Waals surface area contributed by atoms with Crippen molar-refractivity contribution in [2.75, 3.05) is 19.5 Å². The van der Waals surface area contributed by atoms with Crippen LogP contribution in [0.5, 0.6) is 11.5 Å². The first-order chi connectivity index (χ1) is 6.81. The van der Waals surface area contributed by atoms with Crippen molar-refractivity contribution in [3.05, 3.63) is 18.2 Å². The van der Waals surface area contributed by atoms with Crippen molar-refractivity contribution >= 4 is 11.8 Å². The van der Waals surface area contributed by atoms with Crippen molar-refractivity contribution in [1.29, 1.82) is 0 Å². The Bertz CT molecular complexity index is 287. The molecule has 0 aromatic heterocycles. The smallest absolute Gasteiger partial charge is 0.162 e. The van der Waals surface area contributed by atoms with Crippen LogP contribution in [0.2, 0.25) is 0 Å². The Morgan fingerprint density at radius 2 is 2.00 bits per heavy atom. The first-order valence-corrected chi connectivity index (χ1v) is 5.74. The monoisotopic (exact) mass is 212 g/mol. The van der Waals surface area contributed by atoms with Crippen LogP contribution in [0.1, 0.15) is 13.8 Å². The fourth-order valence-corrected chi connectivity index (χ4v) is 1.87. The number of hydrogen-bond acceptors (Lipinski definition) is 3. The van der Waals surface area contributed by atoms with Gasteiger partial charge in [0.2, 0.25) is 0 Å². The Morgan fingerprint density at radius 3 is 2.57 bits per heavy atom. The Kier molecular flexibility index (Phi) is 4.66. The third-order valence-electron chi connectivity index (χ3n) is 1.75. The normalized spacial score (nSPS) is 9.93. The van der Waals surface area contributed by atoms with Gasteiger partial charge >= 0.3 is 0 Å². The van der Waals surface area contributed by atoms with Crippen LogP contribution in [0, 0.1) is 0 Å². The summed E-state index contributed by atoms with van der Waals surface area (Å²) in [6.45, 7) is 4.77. The molecule has 0 heterocycles. The Balaban J connectivity index is 2.88. The van der Waals surface area contributed by atoms with E-state index in [1.807, 2.05) is 19.1 Å². The maximum Gasteiger partial charge on any atom is 0.162 e. The van der Waals surface area contributed by atoms with Crippen LogP contribution in [0.25, 0.3) is 0 Å². The maximum absolute atomic E-state index is 5.48. The predicted octanol–water partition coefficient (Wildman–Crippen LogP) is 3.21. The molecular formula is C11H16O2S. The maximum atomic E-state index is 5.48. The number of hydrogen-bond donors (Lipinski definition) is 0. The van der Waals surface area contributed by atoms with Gasteiger partial charge in [0.15, 0.2) is 11.5 Å². The summed E-state index contributed by atoms with van der Waals surface area (Å²) in [5.74, 6) is 2.69. The summed E-state index contributed by atoms with van der Waals surface area (Å²) in [6.07, 6.45) is 0. The summed E-state index contributed by atoms with van der Waals surface area (Å²) in [7, 11) is 1.66. The highest BCUT2D eigenvalue weighted by atomic mass is 32.2. The third-order valence-corrected chi connectivity index (χ3v) is 2.62. The van der Waals surface area contributed by atoms with Crippen molar-refractivity contribution in [1.82, 2.24) is 0 Å². The second kappa shape index (κ2) is 5.81. The number of benzene rings is 1. The van der Waals surface area contributed by atoms with E-state index in [1.54, 1.807) is 18.9 Å². The van der Waals surface area contributed by atoms with E-state index < -0.39 is 0 Å². The molecule has 1 aromatic carbocycles. The fourth-order valence-electron chi connectivity index (χ4n) is 1.18. The lowest BCUT2D eigenvalue weighted by Gasteiger charge is -2.10. The van der Waals surface area contributed by atoms with Crippen molar-refractivity contribution in [3.63, 3.8) is 0 Å². The molecular weight excluding hydrogens is 196 g/mol. The van der Waals surface area contributed by atoms with E-state index in [0.29, 0.717) is 6.61 Å². The van der Waals surface area contributed by atoms with Crippen LogP contribution in [0.3, 0.4) is 0 Å². The van der Waals surface area contributed by atoms with E-state index in [2.05, 4.69) is 13.0 Å². The number of rotatable bonds is 5. The summed E-state index contributed by atoms with van der Waals surface area (Å²) in [5, 5.41) is 0. The van der Waals surface area contributed by atoms with Gasteiger partial charge < -0.3 is 9.47 Å². The van der Waals surface area contributed by atoms with Gasteiger partial charge in [-0.2, -0.15) is 0 Å². The van der Waals surface area contributed by atoms with E-state index in [4.69, 9.17) is 9.47 Å². The molecule has 78 valence electrons. The molecule has 0 saturated carbocycles. The molecule has 0 aliphatic heterocycles. The summed E-state index contributed by atoms with van der Waals surface area (Å²) in [5.41, 5.74) is 0. The Labute approximate surface area is 89.6 Å². The largest absolute Gasteiger partial charge is 0.493 e. The van der Waals surface area contributed by atoms with Gasteiger partial charge in [-0.25, -0.2) is 0 Å². The zero-order valence-corrected chi connectivity index (χ0v) is 9.69. The van der Waals surface area contributed by atoms with E-state index in [0.717, 1.165) is 17.3 Å². The molecule has 14 heavy (non-hydrogen) atoms. The topological polar surface area (TPSA) is 18.5 Å². The molecule has 0 amide bonds. The van der Waals surface area contributed by atoms with Crippen molar-refractivity contribution in [2.24, 2.45) is 0 Å². The zero-order chi connectivity index (χ0) is 10.4. The SMILES string of the molecule is CCOc1cc(SCC)ccc1OC. The fraction of sp³-hybridized carbons (Fsp3) is 0.455.